The molecule has 0 aliphatic heterocycles. The predicted molar refractivity (Wildman–Crippen MR) is 82.4 cm³/mol. The zero-order chi connectivity index (χ0) is 14.1. The third-order valence-corrected chi connectivity index (χ3v) is 5.14. The summed E-state index contributed by atoms with van der Waals surface area (Å²) in [5.41, 5.74) is 0. The molecular weight excluding hydrogens is 294 g/mol. The molecule has 1 aromatic carbocycles. The molecule has 3 nitrogen and oxygen atoms in total. The zero-order valence-corrected chi connectivity index (χ0v) is 12.2. The van der Waals surface area contributed by atoms with Gasteiger partial charge in [0.2, 0.25) is 0 Å². The third-order valence-electron chi connectivity index (χ3n) is 3.46. The topological polar surface area (TPSA) is 49.3 Å². The van der Waals surface area contributed by atoms with Gasteiger partial charge in [-0.2, -0.15) is 0 Å². The van der Waals surface area contributed by atoms with Crippen LogP contribution < -0.4 is 5.32 Å². The van der Waals surface area contributed by atoms with E-state index in [9.17, 15) is 4.79 Å². The Kier molecular flexibility index (Phi) is 3.78. The second-order valence-electron chi connectivity index (χ2n) is 4.88. The fraction of sp³-hybridized carbons (Fsp3) is 0.267. The third kappa shape index (κ3) is 2.46. The van der Waals surface area contributed by atoms with Gasteiger partial charge in [0, 0.05) is 28.7 Å². The van der Waals surface area contributed by atoms with Crippen LogP contribution in [0.3, 0.4) is 0 Å². The number of aliphatic hydroxyl groups is 1. The first-order valence-corrected chi connectivity index (χ1v) is 7.65. The highest BCUT2D eigenvalue weighted by atomic mass is 35.5. The summed E-state index contributed by atoms with van der Waals surface area (Å²) in [6.45, 7) is 0.118. The molecule has 0 saturated heterocycles. The Hall–Kier alpha value is -1.36. The first-order valence-electron chi connectivity index (χ1n) is 6.46. The van der Waals surface area contributed by atoms with Crippen molar-refractivity contribution >= 4 is 38.9 Å². The highest BCUT2D eigenvalue weighted by molar-refractivity contribution is 7.21. The van der Waals surface area contributed by atoms with E-state index in [1.165, 1.54) is 11.3 Å². The molecule has 1 amide bonds. The Morgan fingerprint density at radius 3 is 2.90 bits per heavy atom. The van der Waals surface area contributed by atoms with Crippen LogP contribution in [0, 0.1) is 5.92 Å². The molecule has 104 valence electrons. The summed E-state index contributed by atoms with van der Waals surface area (Å²) in [5, 5.41) is 13.5. The summed E-state index contributed by atoms with van der Waals surface area (Å²) in [6, 6.07) is 7.69. The van der Waals surface area contributed by atoms with Crippen molar-refractivity contribution in [3.05, 3.63) is 46.3 Å². The van der Waals surface area contributed by atoms with Gasteiger partial charge < -0.3 is 10.4 Å². The average Bonchev–Trinajstić information content (AvgIpc) is 3.04. The number of fused-ring (bicyclic) bond motifs is 1. The molecule has 0 bridgehead atoms. The molecule has 0 fully saturated rings. The molecule has 3 rings (SSSR count). The lowest BCUT2D eigenvalue weighted by molar-refractivity contribution is 0.0945. The molecule has 2 N–H and O–H groups in total. The molecule has 1 aliphatic carbocycles. The Morgan fingerprint density at radius 1 is 1.40 bits per heavy atom. The second kappa shape index (κ2) is 5.56. The van der Waals surface area contributed by atoms with Crippen molar-refractivity contribution in [3.63, 3.8) is 0 Å². The Labute approximate surface area is 125 Å². The molecular formula is C15H14ClNO2S. The van der Waals surface area contributed by atoms with E-state index in [4.69, 9.17) is 16.7 Å². The summed E-state index contributed by atoms with van der Waals surface area (Å²) < 4.78 is 1.01. The van der Waals surface area contributed by atoms with Gasteiger partial charge in [0.15, 0.2) is 0 Å². The number of thiophene rings is 1. The number of nitrogens with one attached hydrogen (secondary N) is 1. The number of hydrogen-bond acceptors (Lipinski definition) is 3. The summed E-state index contributed by atoms with van der Waals surface area (Å²) in [6.07, 6.45) is 4.61. The molecule has 2 atom stereocenters. The molecule has 2 aromatic rings. The number of amides is 1. The van der Waals surface area contributed by atoms with Crippen LogP contribution in [0.2, 0.25) is 5.02 Å². The van der Waals surface area contributed by atoms with Crippen LogP contribution in [-0.4, -0.2) is 23.7 Å². The van der Waals surface area contributed by atoms with Crippen LogP contribution in [0.25, 0.3) is 10.1 Å². The maximum Gasteiger partial charge on any atom is 0.263 e. The van der Waals surface area contributed by atoms with Crippen molar-refractivity contribution in [1.29, 1.82) is 0 Å². The SMILES string of the molecule is O=C(N[C@@H]1C=C[C@H](CO)C1)c1sc2ccccc2c1Cl. The maximum absolute atomic E-state index is 12.3. The number of carbonyl (C=O) groups is 1. The van der Waals surface area contributed by atoms with Gasteiger partial charge in [-0.15, -0.1) is 11.3 Å². The van der Waals surface area contributed by atoms with E-state index in [-0.39, 0.29) is 24.5 Å². The Morgan fingerprint density at radius 2 is 2.20 bits per heavy atom. The van der Waals surface area contributed by atoms with Gasteiger partial charge in [-0.25, -0.2) is 0 Å². The fourth-order valence-electron chi connectivity index (χ4n) is 2.41. The van der Waals surface area contributed by atoms with Gasteiger partial charge in [0.1, 0.15) is 4.88 Å². The van der Waals surface area contributed by atoms with Gasteiger partial charge in [0.05, 0.1) is 5.02 Å². The van der Waals surface area contributed by atoms with Crippen LogP contribution in [0.4, 0.5) is 0 Å². The van der Waals surface area contributed by atoms with Crippen LogP contribution in [0.15, 0.2) is 36.4 Å². The number of benzene rings is 1. The molecule has 1 aliphatic rings. The quantitative estimate of drug-likeness (QED) is 0.855. The number of rotatable bonds is 3. The van der Waals surface area contributed by atoms with Crippen LogP contribution in [0.1, 0.15) is 16.1 Å². The standard InChI is InChI=1S/C15H14ClNO2S/c16-13-11-3-1-2-4-12(11)20-14(13)15(19)17-10-6-5-9(7-10)8-18/h1-6,9-10,18H,7-8H2,(H,17,19)/t9-,10+/m0/s1. The molecule has 1 aromatic heterocycles. The maximum atomic E-state index is 12.3. The minimum atomic E-state index is -0.149. The van der Waals surface area contributed by atoms with Crippen LogP contribution >= 0.6 is 22.9 Å². The summed E-state index contributed by atoms with van der Waals surface area (Å²) in [7, 11) is 0. The van der Waals surface area contributed by atoms with Crippen molar-refractivity contribution in [3.8, 4) is 0 Å². The highest BCUT2D eigenvalue weighted by Gasteiger charge is 2.23. The monoisotopic (exact) mass is 307 g/mol. The Balaban J connectivity index is 1.79. The first-order chi connectivity index (χ1) is 9.69. The zero-order valence-electron chi connectivity index (χ0n) is 10.7. The fourth-order valence-corrected chi connectivity index (χ4v) is 3.83. The lowest BCUT2D eigenvalue weighted by Crippen LogP contribution is -2.32. The van der Waals surface area contributed by atoms with E-state index in [1.807, 2.05) is 36.4 Å². The number of aliphatic hydroxyl groups excluding tert-OH is 1. The van der Waals surface area contributed by atoms with Gasteiger partial charge in [-0.05, 0) is 12.5 Å². The summed E-state index contributed by atoms with van der Waals surface area (Å²) >= 11 is 7.69. The number of carbonyl (C=O) groups excluding carboxylic acids is 1. The van der Waals surface area contributed by atoms with Gasteiger partial charge in [-0.3, -0.25) is 4.79 Å². The number of hydrogen-bond donors (Lipinski definition) is 2. The molecule has 5 heteroatoms. The Bertz CT molecular complexity index is 680. The van der Waals surface area contributed by atoms with Crippen LogP contribution in [-0.2, 0) is 0 Å². The highest BCUT2D eigenvalue weighted by Crippen LogP contribution is 2.35. The minimum Gasteiger partial charge on any atom is -0.396 e. The summed E-state index contributed by atoms with van der Waals surface area (Å²) in [4.78, 5) is 12.9. The predicted octanol–water partition coefficient (Wildman–Crippen LogP) is 3.22. The molecule has 20 heavy (non-hydrogen) atoms. The second-order valence-corrected chi connectivity index (χ2v) is 6.31. The van der Waals surface area contributed by atoms with Crippen molar-refractivity contribution in [2.45, 2.75) is 12.5 Å². The largest absolute Gasteiger partial charge is 0.396 e. The lowest BCUT2D eigenvalue weighted by Gasteiger charge is -2.12. The van der Waals surface area contributed by atoms with E-state index < -0.39 is 0 Å². The normalized spacial score (nSPS) is 21.5. The van der Waals surface area contributed by atoms with Crippen molar-refractivity contribution in [1.82, 2.24) is 5.32 Å². The van der Waals surface area contributed by atoms with Crippen LogP contribution in [0.5, 0.6) is 0 Å². The number of halogens is 1. The van der Waals surface area contributed by atoms with Gasteiger partial charge >= 0.3 is 0 Å². The molecule has 0 saturated carbocycles. The molecule has 0 spiro atoms. The first kappa shape index (κ1) is 13.6. The van der Waals surface area contributed by atoms with Gasteiger partial charge in [-0.1, -0.05) is 42.0 Å². The molecule has 0 radical (unpaired) electrons. The molecule has 1 heterocycles. The van der Waals surface area contributed by atoms with E-state index >= 15 is 0 Å². The van der Waals surface area contributed by atoms with Crippen molar-refractivity contribution in [2.75, 3.05) is 6.61 Å². The summed E-state index contributed by atoms with van der Waals surface area (Å²) in [5.74, 6) is -0.0115. The van der Waals surface area contributed by atoms with Gasteiger partial charge in [0.25, 0.3) is 5.91 Å². The average molecular weight is 308 g/mol. The van der Waals surface area contributed by atoms with E-state index in [1.54, 1.807) is 0 Å². The van der Waals surface area contributed by atoms with E-state index in [0.717, 1.165) is 16.5 Å². The van der Waals surface area contributed by atoms with E-state index in [2.05, 4.69) is 5.32 Å². The lowest BCUT2D eigenvalue weighted by atomic mass is 10.1. The minimum absolute atomic E-state index is 0.0269. The van der Waals surface area contributed by atoms with Crippen molar-refractivity contribution < 1.29 is 9.90 Å². The smallest absolute Gasteiger partial charge is 0.263 e. The molecule has 0 unspecified atom stereocenters. The van der Waals surface area contributed by atoms with Crippen molar-refractivity contribution in [2.24, 2.45) is 5.92 Å². The van der Waals surface area contributed by atoms with E-state index in [0.29, 0.717) is 9.90 Å².